The van der Waals surface area contributed by atoms with Gasteiger partial charge in [0, 0.05) is 14.1 Å². The summed E-state index contributed by atoms with van der Waals surface area (Å²) in [7, 11) is 3.64. The maximum atomic E-state index is 9.17. The summed E-state index contributed by atoms with van der Waals surface area (Å²) in [6.07, 6.45) is -0.317. The molecule has 1 fully saturated rings. The average Bonchev–Trinajstić information content (AvgIpc) is 3.24. The van der Waals surface area contributed by atoms with E-state index < -0.39 is 0 Å². The summed E-state index contributed by atoms with van der Waals surface area (Å²) in [4.78, 5) is 6.01. The number of hydrogen-bond donors (Lipinski definition) is 0. The quantitative estimate of drug-likeness (QED) is 0.692. The number of aromatic nitrogens is 1. The number of anilines is 1. The Morgan fingerprint density at radius 2 is 1.87 bits per heavy atom. The van der Waals surface area contributed by atoms with Gasteiger partial charge < -0.3 is 14.1 Å². The number of oxazole rings is 1. The molecule has 23 heavy (non-hydrogen) atoms. The summed E-state index contributed by atoms with van der Waals surface area (Å²) < 4.78 is 11.5. The molecule has 0 bridgehead atoms. The van der Waals surface area contributed by atoms with Crippen molar-refractivity contribution in [2.24, 2.45) is 0 Å². The van der Waals surface area contributed by atoms with Crippen LogP contribution in [0.25, 0.3) is 10.8 Å². The van der Waals surface area contributed by atoms with Gasteiger partial charge >= 0.3 is 0 Å². The van der Waals surface area contributed by atoms with Crippen molar-refractivity contribution in [1.82, 2.24) is 4.98 Å². The Hall–Kier alpha value is -2.84. The number of epoxide rings is 1. The second-order valence-electron chi connectivity index (χ2n) is 5.76. The van der Waals surface area contributed by atoms with E-state index in [1.54, 1.807) is 4.90 Å². The molecule has 0 radical (unpaired) electrons. The largest absolute Gasteiger partial charge is 0.421 e. The molecule has 5 nitrogen and oxygen atoms in total. The highest BCUT2D eigenvalue weighted by molar-refractivity contribution is 5.86. The first-order valence-corrected chi connectivity index (χ1v) is 7.40. The SMILES string of the molecule is CN(C)c1oc(C2OC2c2cccc3ccccc23)nc1C#N. The summed E-state index contributed by atoms with van der Waals surface area (Å²) in [5, 5.41) is 11.5. The molecule has 2 atom stereocenters. The molecule has 1 aromatic heterocycles. The van der Waals surface area contributed by atoms with Crippen LogP contribution < -0.4 is 4.90 Å². The minimum Gasteiger partial charge on any atom is -0.421 e. The topological polar surface area (TPSA) is 65.6 Å². The van der Waals surface area contributed by atoms with Crippen molar-refractivity contribution in [1.29, 1.82) is 5.26 Å². The smallest absolute Gasteiger partial charge is 0.234 e. The van der Waals surface area contributed by atoms with Gasteiger partial charge in [0.05, 0.1) is 0 Å². The molecule has 2 aromatic carbocycles. The predicted octanol–water partition coefficient (Wildman–Crippen LogP) is 3.58. The summed E-state index contributed by atoms with van der Waals surface area (Å²) in [5.74, 6) is 0.929. The third kappa shape index (κ3) is 2.24. The van der Waals surface area contributed by atoms with Crippen molar-refractivity contribution >= 4 is 16.7 Å². The van der Waals surface area contributed by atoms with Gasteiger partial charge in [-0.2, -0.15) is 10.2 Å². The molecule has 114 valence electrons. The molecule has 1 saturated heterocycles. The Bertz CT molecular complexity index is 918. The van der Waals surface area contributed by atoms with E-state index in [4.69, 9.17) is 14.4 Å². The number of hydrogen-bond acceptors (Lipinski definition) is 5. The first-order valence-electron chi connectivity index (χ1n) is 7.40. The third-order valence-corrected chi connectivity index (χ3v) is 4.00. The normalized spacial score (nSPS) is 19.5. The maximum absolute atomic E-state index is 9.17. The monoisotopic (exact) mass is 305 g/mol. The zero-order valence-corrected chi connectivity index (χ0v) is 12.9. The summed E-state index contributed by atoms with van der Waals surface area (Å²) >= 11 is 0. The second-order valence-corrected chi connectivity index (χ2v) is 5.76. The van der Waals surface area contributed by atoms with Gasteiger partial charge in [0.25, 0.3) is 0 Å². The first kappa shape index (κ1) is 13.8. The van der Waals surface area contributed by atoms with Crippen LogP contribution in [0.15, 0.2) is 46.9 Å². The van der Waals surface area contributed by atoms with Crippen LogP contribution in [0.1, 0.15) is 29.4 Å². The number of nitriles is 1. The van der Waals surface area contributed by atoms with E-state index in [2.05, 4.69) is 35.3 Å². The number of fused-ring (bicyclic) bond motifs is 1. The molecule has 0 saturated carbocycles. The van der Waals surface area contributed by atoms with Gasteiger partial charge in [-0.25, -0.2) is 0 Å². The highest BCUT2D eigenvalue weighted by Crippen LogP contribution is 2.52. The molecule has 3 aromatic rings. The van der Waals surface area contributed by atoms with Crippen LogP contribution in [0.3, 0.4) is 0 Å². The molecular formula is C18H15N3O2. The van der Waals surface area contributed by atoms with Crippen LogP contribution in [-0.2, 0) is 4.74 Å². The lowest BCUT2D eigenvalue weighted by Crippen LogP contribution is -2.08. The van der Waals surface area contributed by atoms with Crippen molar-refractivity contribution < 1.29 is 9.15 Å². The lowest BCUT2D eigenvalue weighted by molar-refractivity contribution is 0.344. The number of ether oxygens (including phenoxy) is 1. The van der Waals surface area contributed by atoms with Gasteiger partial charge in [-0.05, 0) is 16.3 Å². The second kappa shape index (κ2) is 5.11. The van der Waals surface area contributed by atoms with Crippen molar-refractivity contribution in [2.45, 2.75) is 12.2 Å². The van der Waals surface area contributed by atoms with Crippen LogP contribution in [0.4, 0.5) is 5.88 Å². The van der Waals surface area contributed by atoms with E-state index in [-0.39, 0.29) is 17.9 Å². The van der Waals surface area contributed by atoms with E-state index in [1.807, 2.05) is 32.3 Å². The molecule has 0 amide bonds. The number of nitrogens with zero attached hydrogens (tertiary/aromatic N) is 3. The van der Waals surface area contributed by atoms with Crippen LogP contribution in [0.2, 0.25) is 0 Å². The Morgan fingerprint density at radius 3 is 2.61 bits per heavy atom. The molecule has 2 unspecified atom stereocenters. The Labute approximate surface area is 133 Å². The van der Waals surface area contributed by atoms with Crippen LogP contribution >= 0.6 is 0 Å². The van der Waals surface area contributed by atoms with Gasteiger partial charge in [0.1, 0.15) is 12.2 Å². The van der Waals surface area contributed by atoms with Gasteiger partial charge in [-0.1, -0.05) is 42.5 Å². The summed E-state index contributed by atoms with van der Waals surface area (Å²) in [6, 6.07) is 16.4. The standard InChI is InChI=1S/C18H15N3O2/c1-21(2)18-14(10-19)20-17(23-18)16-15(22-16)13-9-5-7-11-6-3-4-8-12(11)13/h3-9,15-16H,1-2H3. The number of rotatable bonds is 3. The first-order chi connectivity index (χ1) is 11.2. The van der Waals surface area contributed by atoms with Crippen LogP contribution in [-0.4, -0.2) is 19.1 Å². The summed E-state index contributed by atoms with van der Waals surface area (Å²) in [6.45, 7) is 0. The minimum absolute atomic E-state index is 0.0821. The third-order valence-electron chi connectivity index (χ3n) is 4.00. The Morgan fingerprint density at radius 1 is 1.09 bits per heavy atom. The molecule has 1 aliphatic heterocycles. The molecule has 0 spiro atoms. The molecule has 2 heterocycles. The minimum atomic E-state index is -0.235. The number of benzene rings is 2. The molecule has 0 N–H and O–H groups in total. The molecular weight excluding hydrogens is 290 g/mol. The van der Waals surface area contributed by atoms with Crippen molar-refractivity contribution in [2.75, 3.05) is 19.0 Å². The van der Waals surface area contributed by atoms with E-state index in [0.29, 0.717) is 11.8 Å². The van der Waals surface area contributed by atoms with E-state index >= 15 is 0 Å². The fraction of sp³-hybridized carbons (Fsp3) is 0.222. The van der Waals surface area contributed by atoms with E-state index in [1.165, 1.54) is 10.8 Å². The fourth-order valence-electron chi connectivity index (χ4n) is 2.86. The summed E-state index contributed by atoms with van der Waals surface area (Å²) in [5.41, 5.74) is 1.41. The van der Waals surface area contributed by atoms with Crippen molar-refractivity contribution in [3.8, 4) is 6.07 Å². The average molecular weight is 305 g/mol. The zero-order valence-electron chi connectivity index (χ0n) is 12.9. The van der Waals surface area contributed by atoms with E-state index in [0.717, 1.165) is 5.56 Å². The Balaban J connectivity index is 1.69. The van der Waals surface area contributed by atoms with E-state index in [9.17, 15) is 0 Å². The van der Waals surface area contributed by atoms with Gasteiger partial charge in [-0.3, -0.25) is 0 Å². The van der Waals surface area contributed by atoms with Crippen LogP contribution in [0, 0.1) is 11.3 Å². The van der Waals surface area contributed by atoms with Gasteiger partial charge in [0.15, 0.2) is 6.10 Å². The predicted molar refractivity (Wildman–Crippen MR) is 86.1 cm³/mol. The Kier molecular flexibility index (Phi) is 3.07. The fourth-order valence-corrected chi connectivity index (χ4v) is 2.86. The molecule has 4 rings (SSSR count). The van der Waals surface area contributed by atoms with Crippen LogP contribution in [0.5, 0.6) is 0 Å². The molecule has 1 aliphatic rings. The zero-order chi connectivity index (χ0) is 16.0. The maximum Gasteiger partial charge on any atom is 0.234 e. The molecule has 0 aliphatic carbocycles. The molecule has 5 heteroatoms. The van der Waals surface area contributed by atoms with Crippen molar-refractivity contribution in [3.63, 3.8) is 0 Å². The highest BCUT2D eigenvalue weighted by atomic mass is 16.6. The lowest BCUT2D eigenvalue weighted by atomic mass is 10.0. The highest BCUT2D eigenvalue weighted by Gasteiger charge is 2.46. The van der Waals surface area contributed by atoms with Gasteiger partial charge in [-0.15, -0.1) is 0 Å². The van der Waals surface area contributed by atoms with Gasteiger partial charge in [0.2, 0.25) is 17.5 Å². The lowest BCUT2D eigenvalue weighted by Gasteiger charge is -2.06. The van der Waals surface area contributed by atoms with Crippen molar-refractivity contribution in [3.05, 3.63) is 59.6 Å².